The van der Waals surface area contributed by atoms with Crippen LogP contribution in [0.15, 0.2) is 18.2 Å². The summed E-state index contributed by atoms with van der Waals surface area (Å²) in [5, 5.41) is 9.27. The number of benzene rings is 1. The van der Waals surface area contributed by atoms with Crippen molar-refractivity contribution in [1.29, 1.82) is 5.26 Å². The first-order valence-corrected chi connectivity index (χ1v) is 6.81. The fourth-order valence-electron chi connectivity index (χ4n) is 2.89. The fraction of sp³-hybridized carbons (Fsp3) is 0.562. The average Bonchev–Trinajstić information content (AvgIpc) is 2.38. The van der Waals surface area contributed by atoms with Crippen LogP contribution in [0.2, 0.25) is 0 Å². The molecule has 1 aromatic carbocycles. The first kappa shape index (κ1) is 13.1. The van der Waals surface area contributed by atoms with Crippen molar-refractivity contribution in [3.8, 4) is 6.07 Å². The zero-order valence-electron chi connectivity index (χ0n) is 11.6. The summed E-state index contributed by atoms with van der Waals surface area (Å²) in [6.07, 6.45) is 5.05. The summed E-state index contributed by atoms with van der Waals surface area (Å²) in [6, 6.07) is 9.16. The van der Waals surface area contributed by atoms with E-state index >= 15 is 0 Å². The first-order valence-electron chi connectivity index (χ1n) is 6.81. The van der Waals surface area contributed by atoms with Gasteiger partial charge in [0.15, 0.2) is 0 Å². The maximum atomic E-state index is 9.27. The van der Waals surface area contributed by atoms with E-state index in [2.05, 4.69) is 31.2 Å². The Kier molecular flexibility index (Phi) is 4.04. The third-order valence-corrected chi connectivity index (χ3v) is 4.06. The third kappa shape index (κ3) is 2.57. The highest BCUT2D eigenvalue weighted by Gasteiger charge is 2.21. The lowest BCUT2D eigenvalue weighted by atomic mass is 9.86. The van der Waals surface area contributed by atoms with Crippen molar-refractivity contribution in [3.05, 3.63) is 34.9 Å². The molecule has 96 valence electrons. The van der Waals surface area contributed by atoms with Crippen LogP contribution in [0.4, 0.5) is 0 Å². The van der Waals surface area contributed by atoms with Gasteiger partial charge in [-0.2, -0.15) is 5.26 Å². The summed E-state index contributed by atoms with van der Waals surface area (Å²) in [5.41, 5.74) is 4.31. The first-order chi connectivity index (χ1) is 8.63. The van der Waals surface area contributed by atoms with Crippen molar-refractivity contribution in [3.63, 3.8) is 0 Å². The van der Waals surface area contributed by atoms with Crippen molar-refractivity contribution in [2.45, 2.75) is 44.6 Å². The highest BCUT2D eigenvalue weighted by molar-refractivity contribution is 5.36. The highest BCUT2D eigenvalue weighted by atomic mass is 15.1. The molecule has 2 rings (SSSR count). The van der Waals surface area contributed by atoms with Gasteiger partial charge in [0, 0.05) is 5.92 Å². The van der Waals surface area contributed by atoms with Crippen molar-refractivity contribution < 1.29 is 0 Å². The van der Waals surface area contributed by atoms with E-state index < -0.39 is 0 Å². The van der Waals surface area contributed by atoms with E-state index in [4.69, 9.17) is 0 Å². The summed E-state index contributed by atoms with van der Waals surface area (Å²) in [5.74, 6) is 0.261. The van der Waals surface area contributed by atoms with Crippen molar-refractivity contribution >= 4 is 0 Å². The van der Waals surface area contributed by atoms with Gasteiger partial charge >= 0.3 is 0 Å². The SMILES string of the molecule is CC(c1ccc2c(c1)CCCC2)C(C#N)N(C)C. The molecule has 18 heavy (non-hydrogen) atoms. The van der Waals surface area contributed by atoms with Gasteiger partial charge in [-0.25, -0.2) is 0 Å². The minimum Gasteiger partial charge on any atom is -0.294 e. The molecule has 1 aliphatic rings. The Labute approximate surface area is 110 Å². The summed E-state index contributed by atoms with van der Waals surface area (Å²) in [6.45, 7) is 2.15. The maximum absolute atomic E-state index is 9.27. The van der Waals surface area contributed by atoms with Gasteiger partial charge in [0.2, 0.25) is 0 Å². The monoisotopic (exact) mass is 242 g/mol. The maximum Gasteiger partial charge on any atom is 0.104 e. The Morgan fingerprint density at radius 2 is 1.83 bits per heavy atom. The molecule has 1 aromatic rings. The molecule has 2 nitrogen and oxygen atoms in total. The fourth-order valence-corrected chi connectivity index (χ4v) is 2.89. The Balaban J connectivity index is 2.26. The Morgan fingerprint density at radius 3 is 2.44 bits per heavy atom. The molecule has 1 aliphatic carbocycles. The number of nitriles is 1. The largest absolute Gasteiger partial charge is 0.294 e. The second-order valence-electron chi connectivity index (χ2n) is 5.56. The Bertz CT molecular complexity index is 457. The number of fused-ring (bicyclic) bond motifs is 1. The molecule has 0 saturated carbocycles. The molecule has 0 heterocycles. The quantitative estimate of drug-likeness (QED) is 0.814. The van der Waals surface area contributed by atoms with Crippen molar-refractivity contribution in [2.75, 3.05) is 14.1 Å². The number of likely N-dealkylation sites (N-methyl/N-ethyl adjacent to an activating group) is 1. The molecule has 2 heteroatoms. The van der Waals surface area contributed by atoms with E-state index in [1.165, 1.54) is 42.4 Å². The van der Waals surface area contributed by atoms with Gasteiger partial charge in [0.05, 0.1) is 6.07 Å². The van der Waals surface area contributed by atoms with Crippen molar-refractivity contribution in [1.82, 2.24) is 4.90 Å². The molecule has 0 fully saturated rings. The van der Waals surface area contributed by atoms with Crippen LogP contribution in [0.5, 0.6) is 0 Å². The minimum absolute atomic E-state index is 0.0494. The molecule has 0 bridgehead atoms. The highest BCUT2D eigenvalue weighted by Crippen LogP contribution is 2.27. The molecular weight excluding hydrogens is 220 g/mol. The van der Waals surface area contributed by atoms with E-state index in [1.807, 2.05) is 19.0 Å². The van der Waals surface area contributed by atoms with Crippen molar-refractivity contribution in [2.24, 2.45) is 0 Å². The molecular formula is C16H22N2. The minimum atomic E-state index is -0.0494. The predicted octanol–water partition coefficient (Wildman–Crippen LogP) is 3.12. The standard InChI is InChI=1S/C16H22N2/c1-12(16(11-17)18(2)3)14-9-8-13-6-4-5-7-15(13)10-14/h8-10,12,16H,4-7H2,1-3H3. The molecule has 0 saturated heterocycles. The summed E-state index contributed by atoms with van der Waals surface area (Å²) in [7, 11) is 3.95. The number of nitrogens with zero attached hydrogens (tertiary/aromatic N) is 2. The van der Waals surface area contributed by atoms with Crippen LogP contribution in [0.1, 0.15) is 42.4 Å². The van der Waals surface area contributed by atoms with Gasteiger partial charge in [-0.3, -0.25) is 4.90 Å². The van der Waals surface area contributed by atoms with Gasteiger partial charge in [-0.15, -0.1) is 0 Å². The van der Waals surface area contributed by atoms with E-state index in [-0.39, 0.29) is 12.0 Å². The topological polar surface area (TPSA) is 27.0 Å². The van der Waals surface area contributed by atoms with E-state index in [0.29, 0.717) is 0 Å². The molecule has 2 unspecified atom stereocenters. The molecule has 0 N–H and O–H groups in total. The number of hydrogen-bond acceptors (Lipinski definition) is 2. The molecule has 0 aliphatic heterocycles. The van der Waals surface area contributed by atoms with E-state index in [0.717, 1.165) is 0 Å². The van der Waals surface area contributed by atoms with Gasteiger partial charge < -0.3 is 0 Å². The number of aryl methyl sites for hydroxylation is 2. The molecule has 0 amide bonds. The lowest BCUT2D eigenvalue weighted by Crippen LogP contribution is -2.31. The van der Waals surface area contributed by atoms with Gasteiger partial charge in [-0.05, 0) is 56.5 Å². The number of hydrogen-bond donors (Lipinski definition) is 0. The summed E-state index contributed by atoms with van der Waals surface area (Å²) >= 11 is 0. The second-order valence-corrected chi connectivity index (χ2v) is 5.56. The van der Waals surface area contributed by atoms with Gasteiger partial charge in [-0.1, -0.05) is 25.1 Å². The van der Waals surface area contributed by atoms with Crippen LogP contribution < -0.4 is 0 Å². The normalized spacial score (nSPS) is 17.9. The summed E-state index contributed by atoms with van der Waals surface area (Å²) < 4.78 is 0. The summed E-state index contributed by atoms with van der Waals surface area (Å²) in [4.78, 5) is 2.00. The van der Waals surface area contributed by atoms with E-state index in [9.17, 15) is 5.26 Å². The van der Waals surface area contributed by atoms with Crippen LogP contribution in [-0.2, 0) is 12.8 Å². The Hall–Kier alpha value is -1.33. The van der Waals surface area contributed by atoms with Gasteiger partial charge in [0.1, 0.15) is 6.04 Å². The van der Waals surface area contributed by atoms with Crippen LogP contribution in [0.25, 0.3) is 0 Å². The smallest absolute Gasteiger partial charge is 0.104 e. The van der Waals surface area contributed by atoms with E-state index in [1.54, 1.807) is 0 Å². The Morgan fingerprint density at radius 1 is 1.17 bits per heavy atom. The average molecular weight is 242 g/mol. The second kappa shape index (κ2) is 5.54. The molecule has 0 radical (unpaired) electrons. The molecule has 2 atom stereocenters. The van der Waals surface area contributed by atoms with Crippen LogP contribution in [0.3, 0.4) is 0 Å². The predicted molar refractivity (Wildman–Crippen MR) is 74.6 cm³/mol. The lowest BCUT2D eigenvalue weighted by molar-refractivity contribution is 0.316. The van der Waals surface area contributed by atoms with Gasteiger partial charge in [0.25, 0.3) is 0 Å². The number of rotatable bonds is 3. The lowest BCUT2D eigenvalue weighted by Gasteiger charge is -2.25. The zero-order valence-corrected chi connectivity index (χ0v) is 11.6. The van der Waals surface area contributed by atoms with Crippen LogP contribution in [0, 0.1) is 11.3 Å². The van der Waals surface area contributed by atoms with Crippen LogP contribution >= 0.6 is 0 Å². The third-order valence-electron chi connectivity index (χ3n) is 4.06. The van der Waals surface area contributed by atoms with Crippen LogP contribution in [-0.4, -0.2) is 25.0 Å². The zero-order chi connectivity index (χ0) is 13.1. The molecule has 0 spiro atoms. The molecule has 0 aromatic heterocycles.